The summed E-state index contributed by atoms with van der Waals surface area (Å²) in [5.41, 5.74) is 0.514. The van der Waals surface area contributed by atoms with E-state index in [1.807, 2.05) is 36.4 Å². The van der Waals surface area contributed by atoms with Gasteiger partial charge in [0.25, 0.3) is 0 Å². The van der Waals surface area contributed by atoms with E-state index in [4.69, 9.17) is 4.74 Å². The van der Waals surface area contributed by atoms with E-state index in [1.165, 1.54) is 4.31 Å². The second kappa shape index (κ2) is 7.88. The molecule has 0 saturated carbocycles. The molecule has 1 aliphatic rings. The predicted octanol–water partition coefficient (Wildman–Crippen LogP) is 3.23. The second-order valence-corrected chi connectivity index (χ2v) is 8.22. The van der Waals surface area contributed by atoms with Crippen LogP contribution in [-0.4, -0.2) is 37.5 Å². The highest BCUT2D eigenvalue weighted by atomic mass is 32.2. The minimum atomic E-state index is -3.43. The number of carbonyl (C=O) groups is 1. The molecular formula is C19H22N2O4S. The lowest BCUT2D eigenvalue weighted by molar-refractivity contribution is -0.120. The number of sulfonamides is 1. The van der Waals surface area contributed by atoms with Crippen LogP contribution in [0, 0.1) is 0 Å². The zero-order valence-electron chi connectivity index (χ0n) is 14.6. The average Bonchev–Trinajstić information content (AvgIpc) is 2.63. The number of nitrogens with zero attached hydrogens (tertiary/aromatic N) is 1. The van der Waals surface area contributed by atoms with Gasteiger partial charge in [0.2, 0.25) is 15.9 Å². The van der Waals surface area contributed by atoms with Gasteiger partial charge in [-0.05, 0) is 37.1 Å². The van der Waals surface area contributed by atoms with Gasteiger partial charge in [0.1, 0.15) is 11.8 Å². The molecule has 2 aromatic carbocycles. The molecule has 1 saturated heterocycles. The zero-order valence-corrected chi connectivity index (χ0v) is 15.4. The molecule has 3 rings (SSSR count). The molecule has 1 unspecified atom stereocenters. The highest BCUT2D eigenvalue weighted by Gasteiger charge is 2.34. The van der Waals surface area contributed by atoms with E-state index in [9.17, 15) is 13.2 Å². The molecule has 1 fully saturated rings. The normalized spacial score (nSPS) is 18.3. The van der Waals surface area contributed by atoms with Crippen LogP contribution in [0.4, 0.5) is 5.69 Å². The van der Waals surface area contributed by atoms with E-state index in [0.29, 0.717) is 30.2 Å². The molecule has 1 heterocycles. The SMILES string of the molecule is CS(=O)(=O)N1CCCCC1C(=O)Nc1ccccc1Oc1ccccc1. The van der Waals surface area contributed by atoms with Crippen LogP contribution >= 0.6 is 0 Å². The van der Waals surface area contributed by atoms with Crippen molar-refractivity contribution in [1.29, 1.82) is 0 Å². The first kappa shape index (κ1) is 18.4. The Morgan fingerprint density at radius 3 is 2.50 bits per heavy atom. The Morgan fingerprint density at radius 1 is 1.08 bits per heavy atom. The van der Waals surface area contributed by atoms with Gasteiger partial charge < -0.3 is 10.1 Å². The van der Waals surface area contributed by atoms with Gasteiger partial charge in [-0.1, -0.05) is 36.8 Å². The smallest absolute Gasteiger partial charge is 0.242 e. The van der Waals surface area contributed by atoms with E-state index >= 15 is 0 Å². The molecule has 6 nitrogen and oxygen atoms in total. The van der Waals surface area contributed by atoms with Gasteiger partial charge in [-0.25, -0.2) is 8.42 Å². The van der Waals surface area contributed by atoms with Gasteiger partial charge in [0.05, 0.1) is 11.9 Å². The van der Waals surface area contributed by atoms with E-state index in [-0.39, 0.29) is 5.91 Å². The van der Waals surface area contributed by atoms with Crippen molar-refractivity contribution in [3.05, 3.63) is 54.6 Å². The molecule has 2 aromatic rings. The lowest BCUT2D eigenvalue weighted by Crippen LogP contribution is -2.49. The van der Waals surface area contributed by atoms with Gasteiger partial charge in [0.15, 0.2) is 5.75 Å². The first-order valence-electron chi connectivity index (χ1n) is 8.55. The molecule has 0 bridgehead atoms. The number of amides is 1. The van der Waals surface area contributed by atoms with E-state index in [0.717, 1.165) is 19.1 Å². The number of carbonyl (C=O) groups excluding carboxylic acids is 1. The molecule has 1 atom stereocenters. The first-order chi connectivity index (χ1) is 12.4. The summed E-state index contributed by atoms with van der Waals surface area (Å²) in [6.07, 6.45) is 3.25. The van der Waals surface area contributed by atoms with Crippen molar-refractivity contribution < 1.29 is 17.9 Å². The van der Waals surface area contributed by atoms with Gasteiger partial charge in [-0.3, -0.25) is 4.79 Å². The molecular weight excluding hydrogens is 352 g/mol. The summed E-state index contributed by atoms with van der Waals surface area (Å²) >= 11 is 0. The molecule has 1 N–H and O–H groups in total. The van der Waals surface area contributed by atoms with Crippen LogP contribution in [0.25, 0.3) is 0 Å². The monoisotopic (exact) mass is 374 g/mol. The van der Waals surface area contributed by atoms with Gasteiger partial charge in [-0.2, -0.15) is 4.31 Å². The van der Waals surface area contributed by atoms with Gasteiger partial charge in [-0.15, -0.1) is 0 Å². The maximum absolute atomic E-state index is 12.8. The van der Waals surface area contributed by atoms with Gasteiger partial charge in [0, 0.05) is 6.54 Å². The summed E-state index contributed by atoms with van der Waals surface area (Å²) in [6, 6.07) is 15.7. The summed E-state index contributed by atoms with van der Waals surface area (Å²) in [4.78, 5) is 12.8. The lowest BCUT2D eigenvalue weighted by Gasteiger charge is -2.32. The zero-order chi connectivity index (χ0) is 18.6. The Morgan fingerprint density at radius 2 is 1.77 bits per heavy atom. The molecule has 1 amide bonds. The molecule has 26 heavy (non-hydrogen) atoms. The number of para-hydroxylation sites is 3. The summed E-state index contributed by atoms with van der Waals surface area (Å²) < 4.78 is 31.1. The number of benzene rings is 2. The lowest BCUT2D eigenvalue weighted by atomic mass is 10.0. The average molecular weight is 374 g/mol. The minimum Gasteiger partial charge on any atom is -0.455 e. The third-order valence-electron chi connectivity index (χ3n) is 4.30. The topological polar surface area (TPSA) is 75.7 Å². The standard InChI is InChI=1S/C19H22N2O4S/c1-26(23,24)21-14-8-7-12-17(21)19(22)20-16-11-5-6-13-18(16)25-15-9-3-2-4-10-15/h2-6,9-11,13,17H,7-8,12,14H2,1H3,(H,20,22). The van der Waals surface area contributed by atoms with Crippen LogP contribution in [0.3, 0.4) is 0 Å². The van der Waals surface area contributed by atoms with Crippen molar-refractivity contribution in [2.24, 2.45) is 0 Å². The van der Waals surface area contributed by atoms with Crippen molar-refractivity contribution >= 4 is 21.6 Å². The third kappa shape index (κ3) is 4.42. The molecule has 138 valence electrons. The van der Waals surface area contributed by atoms with Crippen LogP contribution in [-0.2, 0) is 14.8 Å². The van der Waals surface area contributed by atoms with Crippen LogP contribution in [0.15, 0.2) is 54.6 Å². The Bertz CT molecular complexity index is 868. The summed E-state index contributed by atoms with van der Waals surface area (Å²) in [5, 5.41) is 2.83. The van der Waals surface area contributed by atoms with Crippen molar-refractivity contribution in [3.8, 4) is 11.5 Å². The fraction of sp³-hybridized carbons (Fsp3) is 0.316. The highest BCUT2D eigenvalue weighted by Crippen LogP contribution is 2.30. The molecule has 0 aliphatic carbocycles. The molecule has 0 aromatic heterocycles. The third-order valence-corrected chi connectivity index (χ3v) is 5.59. The fourth-order valence-corrected chi connectivity index (χ4v) is 4.18. The molecule has 0 spiro atoms. The molecule has 0 radical (unpaired) electrons. The van der Waals surface area contributed by atoms with Crippen LogP contribution < -0.4 is 10.1 Å². The van der Waals surface area contributed by atoms with Crippen molar-refractivity contribution in [1.82, 2.24) is 4.31 Å². The maximum Gasteiger partial charge on any atom is 0.242 e. The summed E-state index contributed by atoms with van der Waals surface area (Å²) in [5.74, 6) is 0.831. The van der Waals surface area contributed by atoms with E-state index in [2.05, 4.69) is 5.32 Å². The number of nitrogens with one attached hydrogen (secondary N) is 1. The Labute approximate surface area is 153 Å². The van der Waals surface area contributed by atoms with Gasteiger partial charge >= 0.3 is 0 Å². The predicted molar refractivity (Wildman–Crippen MR) is 101 cm³/mol. The number of piperidine rings is 1. The van der Waals surface area contributed by atoms with E-state index < -0.39 is 16.1 Å². The maximum atomic E-state index is 12.8. The number of hydrogen-bond acceptors (Lipinski definition) is 4. The molecule has 7 heteroatoms. The Kier molecular flexibility index (Phi) is 5.58. The van der Waals surface area contributed by atoms with E-state index in [1.54, 1.807) is 18.2 Å². The second-order valence-electron chi connectivity index (χ2n) is 6.29. The number of ether oxygens (including phenoxy) is 1. The Hall–Kier alpha value is -2.38. The number of anilines is 1. The summed E-state index contributed by atoms with van der Waals surface area (Å²) in [7, 11) is -3.43. The van der Waals surface area contributed by atoms with Crippen molar-refractivity contribution in [2.45, 2.75) is 25.3 Å². The Balaban J connectivity index is 1.79. The van der Waals surface area contributed by atoms with Crippen LogP contribution in [0.5, 0.6) is 11.5 Å². The molecule has 1 aliphatic heterocycles. The summed E-state index contributed by atoms with van der Waals surface area (Å²) in [6.45, 7) is 0.374. The number of rotatable bonds is 5. The van der Waals surface area contributed by atoms with Crippen LogP contribution in [0.2, 0.25) is 0 Å². The van der Waals surface area contributed by atoms with Crippen molar-refractivity contribution in [2.75, 3.05) is 18.1 Å². The van der Waals surface area contributed by atoms with Crippen molar-refractivity contribution in [3.63, 3.8) is 0 Å². The van der Waals surface area contributed by atoms with Crippen LogP contribution in [0.1, 0.15) is 19.3 Å². The highest BCUT2D eigenvalue weighted by molar-refractivity contribution is 7.88. The number of hydrogen-bond donors (Lipinski definition) is 1. The minimum absolute atomic E-state index is 0.334. The fourth-order valence-electron chi connectivity index (χ4n) is 3.05. The quantitative estimate of drug-likeness (QED) is 0.872. The first-order valence-corrected chi connectivity index (χ1v) is 10.4. The largest absolute Gasteiger partial charge is 0.455 e.